The molecule has 2 heterocycles. The first-order chi connectivity index (χ1) is 8.66. The molecule has 3 N–H and O–H groups in total. The van der Waals surface area contributed by atoms with Gasteiger partial charge in [0.2, 0.25) is 0 Å². The molecular formula is C14H21N3O. The maximum Gasteiger partial charge on any atom is 0.133 e. The van der Waals surface area contributed by atoms with Crippen molar-refractivity contribution >= 4 is 5.82 Å². The molecule has 1 aliphatic carbocycles. The first-order valence-electron chi connectivity index (χ1n) is 6.80. The molecule has 1 saturated carbocycles. The van der Waals surface area contributed by atoms with Gasteiger partial charge in [-0.15, -0.1) is 0 Å². The number of fused-ring (bicyclic) bond motifs is 1. The zero-order valence-electron chi connectivity index (χ0n) is 10.8. The second-order valence-corrected chi connectivity index (χ2v) is 5.68. The Labute approximate surface area is 108 Å². The van der Waals surface area contributed by atoms with E-state index in [0.29, 0.717) is 11.8 Å². The third-order valence-electron chi connectivity index (χ3n) is 4.43. The summed E-state index contributed by atoms with van der Waals surface area (Å²) in [6.07, 6.45) is 3.81. The standard InChI is InChI=1S/C14H21N3O/c1-9(15)11-3-2-6-16-14(11)17-7-10-4-5-13(18)12(10)8-17/h2-3,6,9-10,12-13,18H,4-5,7-8,15H2,1H3/t9-,10?,12?,13?/m0/s1. The summed E-state index contributed by atoms with van der Waals surface area (Å²) in [6.45, 7) is 3.92. The van der Waals surface area contributed by atoms with E-state index >= 15 is 0 Å². The van der Waals surface area contributed by atoms with Crippen LogP contribution >= 0.6 is 0 Å². The molecule has 1 aromatic heterocycles. The largest absolute Gasteiger partial charge is 0.393 e. The van der Waals surface area contributed by atoms with Crippen molar-refractivity contribution in [2.75, 3.05) is 18.0 Å². The Morgan fingerprint density at radius 3 is 3.00 bits per heavy atom. The summed E-state index contributed by atoms with van der Waals surface area (Å²) in [5, 5.41) is 9.97. The fourth-order valence-corrected chi connectivity index (χ4v) is 3.44. The Kier molecular flexibility index (Phi) is 2.99. The Balaban J connectivity index is 1.85. The topological polar surface area (TPSA) is 62.4 Å². The molecule has 1 saturated heterocycles. The van der Waals surface area contributed by atoms with Crippen LogP contribution in [0.5, 0.6) is 0 Å². The van der Waals surface area contributed by atoms with Gasteiger partial charge < -0.3 is 15.7 Å². The number of aliphatic hydroxyl groups excluding tert-OH is 1. The summed E-state index contributed by atoms with van der Waals surface area (Å²) in [5.74, 6) is 2.06. The Hall–Kier alpha value is -1.13. The zero-order chi connectivity index (χ0) is 12.7. The number of aromatic nitrogens is 1. The van der Waals surface area contributed by atoms with Crippen molar-refractivity contribution in [2.24, 2.45) is 17.6 Å². The van der Waals surface area contributed by atoms with Gasteiger partial charge in [0.25, 0.3) is 0 Å². The van der Waals surface area contributed by atoms with Crippen molar-refractivity contribution in [1.29, 1.82) is 0 Å². The fourth-order valence-electron chi connectivity index (χ4n) is 3.44. The minimum Gasteiger partial charge on any atom is -0.393 e. The lowest BCUT2D eigenvalue weighted by Crippen LogP contribution is -2.27. The van der Waals surface area contributed by atoms with Crippen LogP contribution in [-0.4, -0.2) is 29.3 Å². The highest BCUT2D eigenvalue weighted by Crippen LogP contribution is 2.40. The second-order valence-electron chi connectivity index (χ2n) is 5.68. The van der Waals surface area contributed by atoms with Gasteiger partial charge in [0.15, 0.2) is 0 Å². The summed E-state index contributed by atoms with van der Waals surface area (Å²) >= 11 is 0. The van der Waals surface area contributed by atoms with Crippen molar-refractivity contribution in [3.05, 3.63) is 23.9 Å². The van der Waals surface area contributed by atoms with Gasteiger partial charge in [-0.1, -0.05) is 6.07 Å². The summed E-state index contributed by atoms with van der Waals surface area (Å²) in [6, 6.07) is 3.99. The van der Waals surface area contributed by atoms with E-state index < -0.39 is 0 Å². The van der Waals surface area contributed by atoms with Crippen LogP contribution in [-0.2, 0) is 0 Å². The lowest BCUT2D eigenvalue weighted by atomic mass is 10.00. The predicted octanol–water partition coefficient (Wildman–Crippen LogP) is 1.31. The molecule has 2 fully saturated rings. The summed E-state index contributed by atoms with van der Waals surface area (Å²) in [5.41, 5.74) is 7.11. The number of hydrogen-bond donors (Lipinski definition) is 2. The molecular weight excluding hydrogens is 226 g/mol. The average Bonchev–Trinajstić information content (AvgIpc) is 2.92. The van der Waals surface area contributed by atoms with Crippen molar-refractivity contribution in [2.45, 2.75) is 31.9 Å². The summed E-state index contributed by atoms with van der Waals surface area (Å²) in [7, 11) is 0. The third-order valence-corrected chi connectivity index (χ3v) is 4.43. The molecule has 0 bridgehead atoms. The highest BCUT2D eigenvalue weighted by molar-refractivity contribution is 5.49. The number of aliphatic hydroxyl groups is 1. The zero-order valence-corrected chi connectivity index (χ0v) is 10.8. The minimum absolute atomic E-state index is 0.000867. The lowest BCUT2D eigenvalue weighted by Gasteiger charge is -2.23. The predicted molar refractivity (Wildman–Crippen MR) is 71.3 cm³/mol. The van der Waals surface area contributed by atoms with Crippen LogP contribution in [0.1, 0.15) is 31.4 Å². The fraction of sp³-hybridized carbons (Fsp3) is 0.643. The minimum atomic E-state index is -0.123. The molecule has 0 radical (unpaired) electrons. The summed E-state index contributed by atoms with van der Waals surface area (Å²) < 4.78 is 0. The molecule has 4 heteroatoms. The van der Waals surface area contributed by atoms with Gasteiger partial charge in [0.05, 0.1) is 6.10 Å². The molecule has 98 valence electrons. The van der Waals surface area contributed by atoms with E-state index in [-0.39, 0.29) is 12.1 Å². The Bertz CT molecular complexity index is 435. The second kappa shape index (κ2) is 4.52. The molecule has 3 unspecified atom stereocenters. The molecule has 1 aromatic rings. The van der Waals surface area contributed by atoms with Crippen LogP contribution in [0, 0.1) is 11.8 Å². The van der Waals surface area contributed by atoms with Crippen LogP contribution in [0.2, 0.25) is 0 Å². The maximum atomic E-state index is 9.97. The van der Waals surface area contributed by atoms with E-state index in [1.54, 1.807) is 0 Å². The SMILES string of the molecule is C[C@H](N)c1cccnc1N1CC2CCC(O)C2C1. The van der Waals surface area contributed by atoms with Crippen molar-refractivity contribution < 1.29 is 5.11 Å². The number of rotatable bonds is 2. The van der Waals surface area contributed by atoms with Crippen LogP contribution in [0.4, 0.5) is 5.82 Å². The van der Waals surface area contributed by atoms with Crippen molar-refractivity contribution in [1.82, 2.24) is 4.98 Å². The maximum absolute atomic E-state index is 9.97. The molecule has 4 nitrogen and oxygen atoms in total. The summed E-state index contributed by atoms with van der Waals surface area (Å²) in [4.78, 5) is 6.80. The van der Waals surface area contributed by atoms with E-state index in [0.717, 1.165) is 37.3 Å². The van der Waals surface area contributed by atoms with E-state index in [2.05, 4.69) is 16.0 Å². The molecule has 4 atom stereocenters. The lowest BCUT2D eigenvalue weighted by molar-refractivity contribution is 0.133. The van der Waals surface area contributed by atoms with Gasteiger partial charge in [-0.25, -0.2) is 4.98 Å². The molecule has 2 aliphatic rings. The van der Waals surface area contributed by atoms with Gasteiger partial charge in [-0.05, 0) is 31.7 Å². The monoisotopic (exact) mass is 247 g/mol. The van der Waals surface area contributed by atoms with E-state index in [1.807, 2.05) is 19.2 Å². The first-order valence-corrected chi connectivity index (χ1v) is 6.80. The quantitative estimate of drug-likeness (QED) is 0.827. The molecule has 18 heavy (non-hydrogen) atoms. The molecule has 0 amide bonds. The molecule has 3 rings (SSSR count). The van der Waals surface area contributed by atoms with Gasteiger partial charge in [-0.2, -0.15) is 0 Å². The normalized spacial score (nSPS) is 32.6. The van der Waals surface area contributed by atoms with Gasteiger partial charge >= 0.3 is 0 Å². The Morgan fingerprint density at radius 1 is 1.44 bits per heavy atom. The smallest absolute Gasteiger partial charge is 0.133 e. The van der Waals surface area contributed by atoms with E-state index in [4.69, 9.17) is 5.73 Å². The van der Waals surface area contributed by atoms with Crippen LogP contribution in [0.25, 0.3) is 0 Å². The molecule has 1 aliphatic heterocycles. The van der Waals surface area contributed by atoms with Gasteiger partial charge in [-0.3, -0.25) is 0 Å². The first kappa shape index (κ1) is 11.9. The molecule has 0 spiro atoms. The van der Waals surface area contributed by atoms with E-state index in [1.165, 1.54) is 0 Å². The van der Waals surface area contributed by atoms with Crippen LogP contribution in [0.3, 0.4) is 0 Å². The highest BCUT2D eigenvalue weighted by Gasteiger charge is 2.42. The van der Waals surface area contributed by atoms with Crippen molar-refractivity contribution in [3.8, 4) is 0 Å². The number of hydrogen-bond acceptors (Lipinski definition) is 4. The van der Waals surface area contributed by atoms with Gasteiger partial charge in [0.1, 0.15) is 5.82 Å². The number of nitrogens with two attached hydrogens (primary N) is 1. The van der Waals surface area contributed by atoms with Crippen LogP contribution < -0.4 is 10.6 Å². The number of anilines is 1. The third kappa shape index (κ3) is 1.89. The van der Waals surface area contributed by atoms with E-state index in [9.17, 15) is 5.11 Å². The number of pyridine rings is 1. The Morgan fingerprint density at radius 2 is 2.28 bits per heavy atom. The van der Waals surface area contributed by atoms with Crippen molar-refractivity contribution in [3.63, 3.8) is 0 Å². The number of nitrogens with zero attached hydrogens (tertiary/aromatic N) is 2. The highest BCUT2D eigenvalue weighted by atomic mass is 16.3. The average molecular weight is 247 g/mol. The van der Waals surface area contributed by atoms with Crippen LogP contribution in [0.15, 0.2) is 18.3 Å². The van der Waals surface area contributed by atoms with Gasteiger partial charge in [0, 0.05) is 36.8 Å². The molecule has 0 aromatic carbocycles.